The van der Waals surface area contributed by atoms with E-state index in [-0.39, 0.29) is 0 Å². The highest BCUT2D eigenvalue weighted by molar-refractivity contribution is 5.04. The number of nitrogens with two attached hydrogens (primary N) is 1. The van der Waals surface area contributed by atoms with Gasteiger partial charge in [0.2, 0.25) is 0 Å². The molecule has 1 aromatic rings. The number of aromatic nitrogens is 1. The van der Waals surface area contributed by atoms with E-state index in [1.807, 2.05) is 18.3 Å². The largest absolute Gasteiger partial charge is 0.328 e. The van der Waals surface area contributed by atoms with Crippen molar-refractivity contribution in [1.82, 2.24) is 9.88 Å². The minimum Gasteiger partial charge on any atom is -0.328 e. The molecule has 2 rings (SSSR count). The van der Waals surface area contributed by atoms with E-state index in [0.29, 0.717) is 12.1 Å². The molecule has 1 aromatic heterocycles. The predicted molar refractivity (Wildman–Crippen MR) is 56.7 cm³/mol. The summed E-state index contributed by atoms with van der Waals surface area (Å²) in [6, 6.07) is 7.12. The fourth-order valence-corrected chi connectivity index (χ4v) is 1.87. The fraction of sp³-hybridized carbons (Fsp3) is 0.545. The number of pyridine rings is 1. The van der Waals surface area contributed by atoms with Crippen LogP contribution >= 0.6 is 0 Å². The zero-order valence-corrected chi connectivity index (χ0v) is 8.56. The van der Waals surface area contributed by atoms with Crippen molar-refractivity contribution in [2.45, 2.75) is 31.5 Å². The lowest BCUT2D eigenvalue weighted by Gasteiger charge is -2.39. The first-order chi connectivity index (χ1) is 6.75. The van der Waals surface area contributed by atoms with E-state index in [1.165, 1.54) is 0 Å². The molecule has 0 atom stereocenters. The Labute approximate surface area is 84.9 Å². The average molecular weight is 191 g/mol. The minimum absolute atomic E-state index is 0.422. The van der Waals surface area contributed by atoms with Gasteiger partial charge in [0.05, 0.1) is 5.69 Å². The van der Waals surface area contributed by atoms with Gasteiger partial charge >= 0.3 is 0 Å². The fourth-order valence-electron chi connectivity index (χ4n) is 1.87. The maximum atomic E-state index is 5.76. The molecule has 1 aliphatic carbocycles. The standard InChI is InChI=1S/C11H17N3/c1-14(11-6-9(12)7-11)8-10-4-2-3-5-13-10/h2-5,9,11H,6-8,12H2,1H3. The molecule has 0 spiro atoms. The van der Waals surface area contributed by atoms with E-state index in [4.69, 9.17) is 5.73 Å². The van der Waals surface area contributed by atoms with Crippen LogP contribution in [-0.4, -0.2) is 29.0 Å². The average Bonchev–Trinajstić information content (AvgIpc) is 2.14. The third-order valence-corrected chi connectivity index (χ3v) is 2.91. The monoisotopic (exact) mass is 191 g/mol. The second-order valence-electron chi connectivity index (χ2n) is 4.12. The van der Waals surface area contributed by atoms with E-state index < -0.39 is 0 Å². The molecular formula is C11H17N3. The van der Waals surface area contributed by atoms with Gasteiger partial charge in [-0.25, -0.2) is 0 Å². The molecular weight excluding hydrogens is 174 g/mol. The molecule has 76 valence electrons. The maximum Gasteiger partial charge on any atom is 0.0543 e. The number of rotatable bonds is 3. The Morgan fingerprint density at radius 2 is 2.29 bits per heavy atom. The Hall–Kier alpha value is -0.930. The molecule has 1 saturated carbocycles. The second-order valence-corrected chi connectivity index (χ2v) is 4.12. The van der Waals surface area contributed by atoms with Crippen LogP contribution in [0.4, 0.5) is 0 Å². The zero-order valence-electron chi connectivity index (χ0n) is 8.56. The highest BCUT2D eigenvalue weighted by atomic mass is 15.1. The summed E-state index contributed by atoms with van der Waals surface area (Å²) in [4.78, 5) is 6.64. The summed E-state index contributed by atoms with van der Waals surface area (Å²) in [5.41, 5.74) is 6.89. The van der Waals surface area contributed by atoms with Gasteiger partial charge in [-0.3, -0.25) is 9.88 Å². The summed E-state index contributed by atoms with van der Waals surface area (Å²) in [5, 5.41) is 0. The molecule has 1 heterocycles. The molecule has 3 heteroatoms. The number of nitrogens with zero attached hydrogens (tertiary/aromatic N) is 2. The van der Waals surface area contributed by atoms with Gasteiger partial charge in [0.15, 0.2) is 0 Å². The molecule has 2 N–H and O–H groups in total. The maximum absolute atomic E-state index is 5.76. The van der Waals surface area contributed by atoms with Gasteiger partial charge in [-0.1, -0.05) is 6.07 Å². The second kappa shape index (κ2) is 4.07. The summed E-state index contributed by atoms with van der Waals surface area (Å²) in [5.74, 6) is 0. The molecule has 3 nitrogen and oxygen atoms in total. The van der Waals surface area contributed by atoms with Crippen LogP contribution < -0.4 is 5.73 Å². The Morgan fingerprint density at radius 1 is 1.50 bits per heavy atom. The first-order valence-electron chi connectivity index (χ1n) is 5.11. The van der Waals surface area contributed by atoms with Crippen molar-refractivity contribution in [1.29, 1.82) is 0 Å². The topological polar surface area (TPSA) is 42.2 Å². The smallest absolute Gasteiger partial charge is 0.0543 e. The van der Waals surface area contributed by atoms with Gasteiger partial charge in [0.25, 0.3) is 0 Å². The van der Waals surface area contributed by atoms with Gasteiger partial charge in [-0.05, 0) is 32.0 Å². The predicted octanol–water partition coefficient (Wildman–Crippen LogP) is 1.00. The van der Waals surface area contributed by atoms with E-state index >= 15 is 0 Å². The van der Waals surface area contributed by atoms with Crippen LogP contribution in [-0.2, 0) is 6.54 Å². The van der Waals surface area contributed by atoms with Crippen molar-refractivity contribution >= 4 is 0 Å². The van der Waals surface area contributed by atoms with Crippen LogP contribution in [0.2, 0.25) is 0 Å². The molecule has 1 fully saturated rings. The van der Waals surface area contributed by atoms with E-state index in [1.54, 1.807) is 0 Å². The third kappa shape index (κ3) is 2.11. The Bertz CT molecular complexity index is 280. The Kier molecular flexibility index (Phi) is 2.79. The van der Waals surface area contributed by atoms with Crippen LogP contribution in [0.5, 0.6) is 0 Å². The third-order valence-electron chi connectivity index (χ3n) is 2.91. The molecule has 1 aliphatic rings. The van der Waals surface area contributed by atoms with Crippen LogP contribution in [0.3, 0.4) is 0 Å². The summed E-state index contributed by atoms with van der Waals surface area (Å²) >= 11 is 0. The molecule has 0 aromatic carbocycles. The minimum atomic E-state index is 0.422. The van der Waals surface area contributed by atoms with Gasteiger partial charge in [0, 0.05) is 24.8 Å². The molecule has 0 bridgehead atoms. The van der Waals surface area contributed by atoms with Gasteiger partial charge in [-0.15, -0.1) is 0 Å². The van der Waals surface area contributed by atoms with Gasteiger partial charge in [-0.2, -0.15) is 0 Å². The first kappa shape index (κ1) is 9.62. The molecule has 0 unspecified atom stereocenters. The van der Waals surface area contributed by atoms with Crippen LogP contribution in [0.1, 0.15) is 18.5 Å². The summed E-state index contributed by atoms with van der Waals surface area (Å²) in [6.07, 6.45) is 4.10. The highest BCUT2D eigenvalue weighted by Crippen LogP contribution is 2.23. The SMILES string of the molecule is CN(Cc1ccccn1)C1CC(N)C1. The molecule has 0 aliphatic heterocycles. The zero-order chi connectivity index (χ0) is 9.97. The lowest BCUT2D eigenvalue weighted by molar-refractivity contribution is 0.131. The molecule has 0 radical (unpaired) electrons. The van der Waals surface area contributed by atoms with Crippen molar-refractivity contribution in [2.24, 2.45) is 5.73 Å². The molecule has 14 heavy (non-hydrogen) atoms. The lowest BCUT2D eigenvalue weighted by Crippen LogP contribution is -2.48. The van der Waals surface area contributed by atoms with Gasteiger partial charge < -0.3 is 5.73 Å². The van der Waals surface area contributed by atoms with E-state index in [0.717, 1.165) is 25.1 Å². The van der Waals surface area contributed by atoms with Crippen LogP contribution in [0.15, 0.2) is 24.4 Å². The Balaban J connectivity index is 1.86. The highest BCUT2D eigenvalue weighted by Gasteiger charge is 2.29. The van der Waals surface area contributed by atoms with E-state index in [9.17, 15) is 0 Å². The summed E-state index contributed by atoms with van der Waals surface area (Å²) in [6.45, 7) is 0.929. The summed E-state index contributed by atoms with van der Waals surface area (Å²) < 4.78 is 0. The van der Waals surface area contributed by atoms with Crippen LogP contribution in [0, 0.1) is 0 Å². The molecule has 0 saturated heterocycles. The number of hydrogen-bond acceptors (Lipinski definition) is 3. The normalized spacial score (nSPS) is 26.2. The Morgan fingerprint density at radius 3 is 2.86 bits per heavy atom. The quantitative estimate of drug-likeness (QED) is 0.775. The van der Waals surface area contributed by atoms with Crippen molar-refractivity contribution in [3.8, 4) is 0 Å². The molecule has 0 amide bonds. The van der Waals surface area contributed by atoms with E-state index in [2.05, 4.69) is 23.0 Å². The van der Waals surface area contributed by atoms with Crippen molar-refractivity contribution in [2.75, 3.05) is 7.05 Å². The van der Waals surface area contributed by atoms with Crippen molar-refractivity contribution in [3.05, 3.63) is 30.1 Å². The van der Waals surface area contributed by atoms with Crippen molar-refractivity contribution < 1.29 is 0 Å². The van der Waals surface area contributed by atoms with Crippen molar-refractivity contribution in [3.63, 3.8) is 0 Å². The number of hydrogen-bond donors (Lipinski definition) is 1. The summed E-state index contributed by atoms with van der Waals surface area (Å²) in [7, 11) is 2.14. The lowest BCUT2D eigenvalue weighted by atomic mass is 9.86. The van der Waals surface area contributed by atoms with Gasteiger partial charge in [0.1, 0.15) is 0 Å². The van der Waals surface area contributed by atoms with Crippen LogP contribution in [0.25, 0.3) is 0 Å². The first-order valence-corrected chi connectivity index (χ1v) is 5.11.